The Bertz CT molecular complexity index is 1170. The van der Waals surface area contributed by atoms with Crippen LogP contribution in [-0.2, 0) is 19.0 Å². The molecule has 0 radical (unpaired) electrons. The number of carbonyl (C=O) groups is 1. The first kappa shape index (κ1) is 25.3. The molecule has 0 bridgehead atoms. The van der Waals surface area contributed by atoms with Crippen molar-refractivity contribution in [3.8, 4) is 10.6 Å². The van der Waals surface area contributed by atoms with Gasteiger partial charge in [-0.2, -0.15) is 0 Å². The first-order chi connectivity index (χ1) is 16.9. The molecule has 3 aromatic rings. The predicted molar refractivity (Wildman–Crippen MR) is 138 cm³/mol. The fourth-order valence-electron chi connectivity index (χ4n) is 3.86. The molecule has 0 saturated carbocycles. The van der Waals surface area contributed by atoms with Crippen molar-refractivity contribution >= 4 is 33.1 Å². The van der Waals surface area contributed by atoms with Crippen LogP contribution in [0.2, 0.25) is 0 Å². The summed E-state index contributed by atoms with van der Waals surface area (Å²) in [7, 11) is 0. The average Bonchev–Trinajstić information content (AvgIpc) is 3.27. The number of allylic oxidation sites excluding steroid dienone is 1. The number of aliphatic hydroxyl groups is 1. The third kappa shape index (κ3) is 6.67. The maximum absolute atomic E-state index is 13.0. The van der Waals surface area contributed by atoms with Crippen LogP contribution in [0.25, 0.3) is 20.8 Å². The fraction of sp³-hybridized carbons (Fsp3) is 0.407. The van der Waals surface area contributed by atoms with Crippen LogP contribution in [0.5, 0.6) is 0 Å². The van der Waals surface area contributed by atoms with E-state index in [1.807, 2.05) is 36.4 Å². The van der Waals surface area contributed by atoms with E-state index < -0.39 is 6.29 Å². The Morgan fingerprint density at radius 2 is 2.00 bits per heavy atom. The molecular formula is C27H32N2O5S. The second kappa shape index (κ2) is 11.8. The molecule has 1 aromatic heterocycles. The van der Waals surface area contributed by atoms with Crippen LogP contribution in [0, 0.1) is 18.8 Å². The van der Waals surface area contributed by atoms with E-state index in [2.05, 4.69) is 38.2 Å². The number of hydrogen-bond donors (Lipinski definition) is 2. The molecule has 1 amide bonds. The Morgan fingerprint density at radius 1 is 1.20 bits per heavy atom. The highest BCUT2D eigenvalue weighted by Gasteiger charge is 2.29. The standard InChI is InChI=1S/C27H32N2O5S/c1-17(2)20-15-23(34-25(16-20)33-13-12-32-11-10-30)26(31)28-21-7-5-19(6-8-21)27-29-22-9-4-18(3)14-24(22)35-27/h4-9,14-15,17,20,25,30H,10-13,16H2,1-3H3,(H,28,31)/t20-,25+/m1/s1. The summed E-state index contributed by atoms with van der Waals surface area (Å²) in [5.74, 6) is 0.471. The molecule has 2 atom stereocenters. The molecule has 2 N–H and O–H groups in total. The van der Waals surface area contributed by atoms with E-state index in [1.54, 1.807) is 11.3 Å². The highest BCUT2D eigenvalue weighted by molar-refractivity contribution is 7.21. The van der Waals surface area contributed by atoms with Gasteiger partial charge in [0.15, 0.2) is 5.76 Å². The number of aliphatic hydroxyl groups excluding tert-OH is 1. The minimum absolute atomic E-state index is 0.0241. The first-order valence-electron chi connectivity index (χ1n) is 11.9. The molecule has 1 aliphatic rings. The number of nitrogens with zero attached hydrogens (tertiary/aromatic N) is 1. The number of carbonyl (C=O) groups excluding carboxylic acids is 1. The molecule has 2 aromatic carbocycles. The van der Waals surface area contributed by atoms with E-state index >= 15 is 0 Å². The van der Waals surface area contributed by atoms with Gasteiger partial charge in [-0.3, -0.25) is 4.79 Å². The minimum atomic E-state index is -0.518. The maximum atomic E-state index is 13.0. The summed E-state index contributed by atoms with van der Waals surface area (Å²) in [4.78, 5) is 17.7. The number of anilines is 1. The number of hydrogen-bond acceptors (Lipinski definition) is 7. The molecular weight excluding hydrogens is 464 g/mol. The highest BCUT2D eigenvalue weighted by atomic mass is 32.1. The van der Waals surface area contributed by atoms with Crippen molar-refractivity contribution < 1.29 is 24.1 Å². The van der Waals surface area contributed by atoms with Gasteiger partial charge in [-0.25, -0.2) is 4.98 Å². The number of benzene rings is 2. The first-order valence-corrected chi connectivity index (χ1v) is 12.7. The van der Waals surface area contributed by atoms with Gasteiger partial charge in [0, 0.05) is 17.7 Å². The third-order valence-electron chi connectivity index (χ3n) is 5.87. The normalized spacial score (nSPS) is 17.9. The van der Waals surface area contributed by atoms with Gasteiger partial charge >= 0.3 is 0 Å². The van der Waals surface area contributed by atoms with Crippen LogP contribution in [-0.4, -0.2) is 48.7 Å². The minimum Gasteiger partial charge on any atom is -0.459 e. The molecule has 1 aliphatic heterocycles. The summed E-state index contributed by atoms with van der Waals surface area (Å²) in [5, 5.41) is 12.7. The fourth-order valence-corrected chi connectivity index (χ4v) is 4.93. The number of thiazole rings is 1. The SMILES string of the molecule is Cc1ccc2nc(-c3ccc(NC(=O)C4=C[C@@H](C(C)C)C[C@@H](OCCOCCO)O4)cc3)sc2c1. The van der Waals surface area contributed by atoms with Gasteiger partial charge in [0.05, 0.1) is 36.6 Å². The molecule has 0 unspecified atom stereocenters. The monoisotopic (exact) mass is 496 g/mol. The zero-order valence-corrected chi connectivity index (χ0v) is 21.1. The Labute approximate surface area is 209 Å². The van der Waals surface area contributed by atoms with Crippen molar-refractivity contribution in [3.63, 3.8) is 0 Å². The summed E-state index contributed by atoms with van der Waals surface area (Å²) in [6.45, 7) is 7.25. The van der Waals surface area contributed by atoms with Crippen LogP contribution in [0.15, 0.2) is 54.3 Å². The number of rotatable bonds is 10. The van der Waals surface area contributed by atoms with Gasteiger partial charge in [-0.05, 0) is 66.8 Å². The van der Waals surface area contributed by atoms with Crippen molar-refractivity contribution in [1.82, 2.24) is 4.98 Å². The second-order valence-corrected chi connectivity index (χ2v) is 9.98. The van der Waals surface area contributed by atoms with Crippen LogP contribution in [0.3, 0.4) is 0 Å². The van der Waals surface area contributed by atoms with E-state index in [0.717, 1.165) is 20.8 Å². The number of ether oxygens (including phenoxy) is 3. The summed E-state index contributed by atoms with van der Waals surface area (Å²) < 4.78 is 18.0. The van der Waals surface area contributed by atoms with Crippen molar-refractivity contribution in [2.45, 2.75) is 33.5 Å². The quantitative estimate of drug-likeness (QED) is 0.378. The average molecular weight is 497 g/mol. The van der Waals surface area contributed by atoms with Gasteiger partial charge in [0.25, 0.3) is 5.91 Å². The molecule has 2 heterocycles. The lowest BCUT2D eigenvalue weighted by atomic mass is 9.90. The maximum Gasteiger partial charge on any atom is 0.290 e. The summed E-state index contributed by atoms with van der Waals surface area (Å²) in [6.07, 6.45) is 2.04. The predicted octanol–water partition coefficient (Wildman–Crippen LogP) is 5.14. The van der Waals surface area contributed by atoms with Crippen LogP contribution >= 0.6 is 11.3 Å². The van der Waals surface area contributed by atoms with E-state index in [1.165, 1.54) is 5.56 Å². The Kier molecular flexibility index (Phi) is 8.51. The largest absolute Gasteiger partial charge is 0.459 e. The number of amides is 1. The summed E-state index contributed by atoms with van der Waals surface area (Å²) in [6, 6.07) is 13.9. The molecule has 8 heteroatoms. The zero-order valence-electron chi connectivity index (χ0n) is 20.3. The topological polar surface area (TPSA) is 89.9 Å². The second-order valence-electron chi connectivity index (χ2n) is 8.95. The number of aromatic nitrogens is 1. The van der Waals surface area contributed by atoms with Crippen molar-refractivity contribution in [2.75, 3.05) is 31.7 Å². The third-order valence-corrected chi connectivity index (χ3v) is 6.94. The van der Waals surface area contributed by atoms with Gasteiger partial charge < -0.3 is 24.6 Å². The highest BCUT2D eigenvalue weighted by Crippen LogP contribution is 2.32. The molecule has 7 nitrogen and oxygen atoms in total. The number of fused-ring (bicyclic) bond motifs is 1. The van der Waals surface area contributed by atoms with Gasteiger partial charge in [-0.1, -0.05) is 19.9 Å². The number of aryl methyl sites for hydroxylation is 1. The van der Waals surface area contributed by atoms with E-state index in [-0.39, 0.29) is 30.8 Å². The Morgan fingerprint density at radius 3 is 2.74 bits per heavy atom. The van der Waals surface area contributed by atoms with Crippen molar-refractivity contribution in [3.05, 3.63) is 59.9 Å². The molecule has 0 spiro atoms. The van der Waals surface area contributed by atoms with Crippen LogP contribution in [0.1, 0.15) is 25.8 Å². The van der Waals surface area contributed by atoms with Gasteiger partial charge in [0.2, 0.25) is 6.29 Å². The molecule has 186 valence electrons. The molecule has 0 aliphatic carbocycles. The Hall–Kier alpha value is -2.78. The van der Waals surface area contributed by atoms with E-state index in [4.69, 9.17) is 24.3 Å². The lowest BCUT2D eigenvalue weighted by Gasteiger charge is -2.30. The van der Waals surface area contributed by atoms with E-state index in [9.17, 15) is 4.79 Å². The lowest BCUT2D eigenvalue weighted by Crippen LogP contribution is -2.32. The zero-order chi connectivity index (χ0) is 24.8. The smallest absolute Gasteiger partial charge is 0.290 e. The van der Waals surface area contributed by atoms with Crippen LogP contribution in [0.4, 0.5) is 5.69 Å². The van der Waals surface area contributed by atoms with Crippen molar-refractivity contribution in [1.29, 1.82) is 0 Å². The van der Waals surface area contributed by atoms with Gasteiger partial charge in [0.1, 0.15) is 5.01 Å². The van der Waals surface area contributed by atoms with Crippen LogP contribution < -0.4 is 5.32 Å². The number of nitrogens with one attached hydrogen (secondary N) is 1. The molecule has 4 rings (SSSR count). The summed E-state index contributed by atoms with van der Waals surface area (Å²) in [5.41, 5.74) is 3.90. The van der Waals surface area contributed by atoms with Gasteiger partial charge in [-0.15, -0.1) is 11.3 Å². The molecule has 0 fully saturated rings. The Balaban J connectivity index is 1.39. The molecule has 0 saturated heterocycles. The molecule has 35 heavy (non-hydrogen) atoms. The summed E-state index contributed by atoms with van der Waals surface area (Å²) >= 11 is 1.66. The van der Waals surface area contributed by atoms with Crippen molar-refractivity contribution in [2.24, 2.45) is 11.8 Å². The van der Waals surface area contributed by atoms with E-state index in [0.29, 0.717) is 31.2 Å². The lowest BCUT2D eigenvalue weighted by molar-refractivity contribution is -0.153.